The van der Waals surface area contributed by atoms with Crippen molar-refractivity contribution in [2.75, 3.05) is 11.9 Å². The van der Waals surface area contributed by atoms with E-state index in [1.54, 1.807) is 13.8 Å². The van der Waals surface area contributed by atoms with Gasteiger partial charge in [-0.25, -0.2) is 13.6 Å². The lowest BCUT2D eigenvalue weighted by molar-refractivity contribution is 0.102. The molecule has 0 unspecified atom stereocenters. The van der Waals surface area contributed by atoms with Crippen molar-refractivity contribution in [2.45, 2.75) is 31.7 Å². The van der Waals surface area contributed by atoms with Gasteiger partial charge in [-0.1, -0.05) is 0 Å². The second-order valence-electron chi connectivity index (χ2n) is 5.87. The van der Waals surface area contributed by atoms with Crippen molar-refractivity contribution < 1.29 is 13.2 Å². The molecule has 0 saturated carbocycles. The van der Waals surface area contributed by atoms with Gasteiger partial charge in [0.05, 0.1) is 4.90 Å². The van der Waals surface area contributed by atoms with Crippen molar-refractivity contribution in [3.05, 3.63) is 40.2 Å². The fourth-order valence-electron chi connectivity index (χ4n) is 2.71. The molecule has 3 rings (SSSR count). The molecule has 1 aliphatic heterocycles. The zero-order valence-corrected chi connectivity index (χ0v) is 15.5. The molecule has 1 aromatic heterocycles. The summed E-state index contributed by atoms with van der Waals surface area (Å²) in [4.78, 5) is 12.5. The zero-order chi connectivity index (χ0) is 17.5. The highest BCUT2D eigenvalue weighted by Gasteiger charge is 2.22. The van der Waals surface area contributed by atoms with E-state index in [1.165, 1.54) is 12.1 Å². The Morgan fingerprint density at radius 2 is 2.04 bits per heavy atom. The summed E-state index contributed by atoms with van der Waals surface area (Å²) in [5.74, 6) is -0.384. The minimum Gasteiger partial charge on any atom is -0.320 e. The van der Waals surface area contributed by atoms with E-state index in [0.717, 1.165) is 35.3 Å². The van der Waals surface area contributed by atoms with Crippen molar-refractivity contribution >= 4 is 34.0 Å². The predicted octanol–water partition coefficient (Wildman–Crippen LogP) is 0.994. The highest BCUT2D eigenvalue weighted by molar-refractivity contribution is 7.89. The summed E-state index contributed by atoms with van der Waals surface area (Å²) in [6.45, 7) is 4.98. The lowest BCUT2D eigenvalue weighted by Gasteiger charge is -2.14. The van der Waals surface area contributed by atoms with Crippen molar-refractivity contribution in [1.82, 2.24) is 15.5 Å². The van der Waals surface area contributed by atoms with Crippen LogP contribution in [0.1, 0.15) is 32.9 Å². The van der Waals surface area contributed by atoms with Gasteiger partial charge in [0, 0.05) is 36.5 Å². The van der Waals surface area contributed by atoms with Crippen LogP contribution in [-0.2, 0) is 23.0 Å². The van der Waals surface area contributed by atoms with Crippen LogP contribution in [0.25, 0.3) is 0 Å². The monoisotopic (exact) mass is 385 g/mol. The molecule has 8 nitrogen and oxygen atoms in total. The number of benzene rings is 1. The van der Waals surface area contributed by atoms with Crippen LogP contribution >= 0.6 is 12.4 Å². The molecule has 0 bridgehead atoms. The van der Waals surface area contributed by atoms with Crippen molar-refractivity contribution in [3.8, 4) is 0 Å². The van der Waals surface area contributed by atoms with Gasteiger partial charge in [0.15, 0.2) is 5.69 Å². The first kappa shape index (κ1) is 19.4. The number of aryl methyl sites for hydroxylation is 1. The van der Waals surface area contributed by atoms with E-state index in [4.69, 9.17) is 5.14 Å². The number of nitrogens with two attached hydrogens (primary N) is 1. The largest absolute Gasteiger partial charge is 0.320 e. The van der Waals surface area contributed by atoms with Crippen LogP contribution in [0.15, 0.2) is 17.0 Å². The Labute approximate surface area is 152 Å². The van der Waals surface area contributed by atoms with E-state index in [-0.39, 0.29) is 23.2 Å². The van der Waals surface area contributed by atoms with Crippen LogP contribution in [0, 0.1) is 13.8 Å². The van der Waals surface area contributed by atoms with Crippen LogP contribution in [0.4, 0.5) is 5.69 Å². The molecular weight excluding hydrogens is 366 g/mol. The van der Waals surface area contributed by atoms with Crippen LogP contribution in [-0.4, -0.2) is 31.1 Å². The molecule has 1 amide bonds. The Morgan fingerprint density at radius 3 is 2.72 bits per heavy atom. The quantitative estimate of drug-likeness (QED) is 0.626. The van der Waals surface area contributed by atoms with Gasteiger partial charge in [-0.15, -0.1) is 12.4 Å². The topological polar surface area (TPSA) is 130 Å². The maximum Gasteiger partial charge on any atom is 0.276 e. The van der Waals surface area contributed by atoms with E-state index >= 15 is 0 Å². The third-order valence-electron chi connectivity index (χ3n) is 4.24. The number of rotatable bonds is 3. The highest BCUT2D eigenvalue weighted by atomic mass is 35.5. The van der Waals surface area contributed by atoms with Crippen molar-refractivity contribution in [3.63, 3.8) is 0 Å². The van der Waals surface area contributed by atoms with Gasteiger partial charge in [-0.3, -0.25) is 9.89 Å². The molecule has 0 radical (unpaired) electrons. The molecule has 2 aromatic rings. The minimum atomic E-state index is -3.85. The van der Waals surface area contributed by atoms with Crippen LogP contribution in [0.5, 0.6) is 0 Å². The summed E-state index contributed by atoms with van der Waals surface area (Å²) in [6, 6.07) is 2.85. The summed E-state index contributed by atoms with van der Waals surface area (Å²) in [6.07, 6.45) is 0.786. The average Bonchev–Trinajstić information content (AvgIpc) is 2.94. The standard InChI is InChI=1S/C15H19N5O3S.ClH/c1-8-5-10(24(16,22)23)6-13(9(8)2)18-15(21)14-11-7-17-4-3-12(11)19-20-14;/h5-6,17H,3-4,7H2,1-2H3,(H,18,21)(H,19,20)(H2,16,22,23);1H. The third-order valence-corrected chi connectivity index (χ3v) is 5.13. The van der Waals surface area contributed by atoms with E-state index in [9.17, 15) is 13.2 Å². The van der Waals surface area contributed by atoms with Gasteiger partial charge in [0.25, 0.3) is 5.91 Å². The maximum atomic E-state index is 12.6. The van der Waals surface area contributed by atoms with Crippen LogP contribution < -0.4 is 15.8 Å². The number of hydrogen-bond donors (Lipinski definition) is 4. The molecule has 0 spiro atoms. The second kappa shape index (κ2) is 7.12. The predicted molar refractivity (Wildman–Crippen MR) is 96.5 cm³/mol. The number of aromatic amines is 1. The number of carbonyl (C=O) groups is 1. The third kappa shape index (κ3) is 3.84. The van der Waals surface area contributed by atoms with Crippen LogP contribution in [0.3, 0.4) is 0 Å². The van der Waals surface area contributed by atoms with Gasteiger partial charge in [0.1, 0.15) is 0 Å². The van der Waals surface area contributed by atoms with Gasteiger partial charge in [0.2, 0.25) is 10.0 Å². The molecule has 0 aliphatic carbocycles. The number of aromatic nitrogens is 2. The molecule has 0 fully saturated rings. The van der Waals surface area contributed by atoms with Crippen molar-refractivity contribution in [2.24, 2.45) is 5.14 Å². The normalized spacial score (nSPS) is 13.7. The van der Waals surface area contributed by atoms with Crippen LogP contribution in [0.2, 0.25) is 0 Å². The van der Waals surface area contributed by atoms with Gasteiger partial charge in [-0.2, -0.15) is 5.10 Å². The second-order valence-corrected chi connectivity index (χ2v) is 7.43. The fraction of sp³-hybridized carbons (Fsp3) is 0.333. The molecule has 1 aromatic carbocycles. The first-order chi connectivity index (χ1) is 11.3. The summed E-state index contributed by atoms with van der Waals surface area (Å²) < 4.78 is 23.2. The lowest BCUT2D eigenvalue weighted by atomic mass is 10.1. The Morgan fingerprint density at radius 1 is 1.32 bits per heavy atom. The molecule has 136 valence electrons. The Hall–Kier alpha value is -1.94. The van der Waals surface area contributed by atoms with Gasteiger partial charge in [-0.05, 0) is 37.1 Å². The first-order valence-corrected chi connectivity index (χ1v) is 9.04. The Kier molecular flexibility index (Phi) is 5.52. The molecule has 0 saturated heterocycles. The van der Waals surface area contributed by atoms with E-state index in [1.807, 2.05) is 0 Å². The average molecular weight is 386 g/mol. The number of sulfonamides is 1. The number of nitrogens with one attached hydrogen (secondary N) is 3. The molecule has 25 heavy (non-hydrogen) atoms. The number of H-pyrrole nitrogens is 1. The molecule has 2 heterocycles. The van der Waals surface area contributed by atoms with E-state index in [2.05, 4.69) is 20.8 Å². The Balaban J connectivity index is 0.00000225. The SMILES string of the molecule is Cc1cc(S(N)(=O)=O)cc(NC(=O)c2n[nH]c3c2CNCC3)c1C.Cl. The maximum absolute atomic E-state index is 12.6. The Bertz CT molecular complexity index is 923. The number of nitrogens with zero attached hydrogens (tertiary/aromatic N) is 1. The molecule has 5 N–H and O–H groups in total. The summed E-state index contributed by atoms with van der Waals surface area (Å²) in [5, 5.41) is 18.1. The smallest absolute Gasteiger partial charge is 0.276 e. The minimum absolute atomic E-state index is 0. The fourth-order valence-corrected chi connectivity index (χ4v) is 3.34. The summed E-state index contributed by atoms with van der Waals surface area (Å²) >= 11 is 0. The number of primary sulfonamides is 1. The lowest BCUT2D eigenvalue weighted by Crippen LogP contribution is -2.25. The molecule has 10 heteroatoms. The molecular formula is C15H20ClN5O3S. The number of anilines is 1. The first-order valence-electron chi connectivity index (χ1n) is 7.49. The highest BCUT2D eigenvalue weighted by Crippen LogP contribution is 2.25. The number of carbonyl (C=O) groups excluding carboxylic acids is 1. The molecule has 0 atom stereocenters. The van der Waals surface area contributed by atoms with Gasteiger partial charge < -0.3 is 10.6 Å². The van der Waals surface area contributed by atoms with E-state index in [0.29, 0.717) is 17.9 Å². The van der Waals surface area contributed by atoms with E-state index < -0.39 is 10.0 Å². The summed E-state index contributed by atoms with van der Waals surface area (Å²) in [5.41, 5.74) is 4.02. The van der Waals surface area contributed by atoms with Gasteiger partial charge >= 0.3 is 0 Å². The number of amides is 1. The molecule has 1 aliphatic rings. The zero-order valence-electron chi connectivity index (χ0n) is 13.8. The number of halogens is 1. The van der Waals surface area contributed by atoms with Crippen molar-refractivity contribution in [1.29, 1.82) is 0 Å². The number of fused-ring (bicyclic) bond motifs is 1. The number of hydrogen-bond acceptors (Lipinski definition) is 5. The summed E-state index contributed by atoms with van der Waals surface area (Å²) in [7, 11) is -3.85.